The summed E-state index contributed by atoms with van der Waals surface area (Å²) in [5.74, 6) is 0.270. The third kappa shape index (κ3) is 7.48. The van der Waals surface area contributed by atoms with Gasteiger partial charge in [-0.05, 0) is 67.8 Å². The molecular formula is C26H30F3N3O4. The Bertz CT molecular complexity index is 1070. The Balaban J connectivity index is 1.57. The number of hydrogen-bond donors (Lipinski definition) is 2. The van der Waals surface area contributed by atoms with Crippen molar-refractivity contribution in [2.75, 3.05) is 27.2 Å². The molecule has 2 aromatic rings. The number of amides is 2. The maximum Gasteiger partial charge on any atom is 0.416 e. The quantitative estimate of drug-likeness (QED) is 0.548. The Labute approximate surface area is 208 Å². The van der Waals surface area contributed by atoms with E-state index in [4.69, 9.17) is 9.47 Å². The Morgan fingerprint density at radius 1 is 1.11 bits per heavy atom. The number of likely N-dealkylation sites (N-methyl/N-ethyl adjacent to an activating group) is 1. The minimum atomic E-state index is -4.39. The first-order valence-electron chi connectivity index (χ1n) is 11.6. The minimum Gasteiger partial charge on any atom is -0.493 e. The van der Waals surface area contributed by atoms with E-state index in [-0.39, 0.29) is 24.1 Å². The molecule has 0 saturated carbocycles. The average Bonchev–Trinajstić information content (AvgIpc) is 2.85. The normalized spacial score (nSPS) is 16.1. The smallest absolute Gasteiger partial charge is 0.416 e. The lowest BCUT2D eigenvalue weighted by Crippen LogP contribution is -2.49. The van der Waals surface area contributed by atoms with Crippen LogP contribution < -0.4 is 20.1 Å². The number of ether oxygens (including phenoxy) is 2. The van der Waals surface area contributed by atoms with Crippen LogP contribution >= 0.6 is 0 Å². The Kier molecular flexibility index (Phi) is 9.35. The molecule has 2 amide bonds. The largest absolute Gasteiger partial charge is 0.493 e. The third-order valence-electron chi connectivity index (χ3n) is 5.85. The van der Waals surface area contributed by atoms with Crippen LogP contribution in [0.3, 0.4) is 0 Å². The molecule has 0 spiro atoms. The van der Waals surface area contributed by atoms with Crippen molar-refractivity contribution in [3.63, 3.8) is 0 Å². The predicted octanol–water partition coefficient (Wildman–Crippen LogP) is 4.62. The molecule has 10 heteroatoms. The molecule has 7 nitrogen and oxygen atoms in total. The van der Waals surface area contributed by atoms with Crippen LogP contribution in [-0.2, 0) is 17.4 Å². The van der Waals surface area contributed by atoms with E-state index in [0.29, 0.717) is 30.0 Å². The molecule has 1 aliphatic rings. The molecule has 0 bridgehead atoms. The van der Waals surface area contributed by atoms with Crippen LogP contribution in [-0.4, -0.2) is 50.2 Å². The van der Waals surface area contributed by atoms with Gasteiger partial charge in [0.2, 0.25) is 5.91 Å². The molecule has 1 heterocycles. The Morgan fingerprint density at radius 3 is 2.53 bits per heavy atom. The van der Waals surface area contributed by atoms with Crippen molar-refractivity contribution >= 4 is 18.1 Å². The number of carbonyl (C=O) groups is 2. The Hall–Kier alpha value is -3.53. The third-order valence-corrected chi connectivity index (χ3v) is 5.85. The molecule has 2 aromatic carbocycles. The topological polar surface area (TPSA) is 79.9 Å². The van der Waals surface area contributed by atoms with Crippen molar-refractivity contribution in [2.24, 2.45) is 0 Å². The zero-order valence-electron chi connectivity index (χ0n) is 20.2. The Morgan fingerprint density at radius 2 is 1.86 bits per heavy atom. The summed E-state index contributed by atoms with van der Waals surface area (Å²) in [7, 11) is 3.30. The summed E-state index contributed by atoms with van der Waals surface area (Å²) in [5, 5.41) is 5.70. The fourth-order valence-electron chi connectivity index (χ4n) is 4.00. The monoisotopic (exact) mass is 505 g/mol. The van der Waals surface area contributed by atoms with Crippen molar-refractivity contribution in [3.8, 4) is 11.5 Å². The molecule has 1 unspecified atom stereocenters. The van der Waals surface area contributed by atoms with Gasteiger partial charge < -0.3 is 25.0 Å². The van der Waals surface area contributed by atoms with Gasteiger partial charge in [0.25, 0.3) is 0 Å². The van der Waals surface area contributed by atoms with Crippen LogP contribution in [0.1, 0.15) is 36.0 Å². The van der Waals surface area contributed by atoms with E-state index in [9.17, 15) is 22.8 Å². The fraction of sp³-hybridized carbons (Fsp3) is 0.385. The van der Waals surface area contributed by atoms with E-state index >= 15 is 0 Å². The van der Waals surface area contributed by atoms with Gasteiger partial charge in [0.1, 0.15) is 0 Å². The van der Waals surface area contributed by atoms with Gasteiger partial charge in [0.05, 0.1) is 19.1 Å². The fourth-order valence-corrected chi connectivity index (χ4v) is 4.00. The van der Waals surface area contributed by atoms with Gasteiger partial charge in [-0.25, -0.2) is 4.79 Å². The summed E-state index contributed by atoms with van der Waals surface area (Å²) < 4.78 is 48.9. The number of likely N-dealkylation sites (tertiary alicyclic amines) is 1. The van der Waals surface area contributed by atoms with Gasteiger partial charge in [-0.15, -0.1) is 0 Å². The summed E-state index contributed by atoms with van der Waals surface area (Å²) in [4.78, 5) is 26.8. The van der Waals surface area contributed by atoms with Crippen LogP contribution in [0.2, 0.25) is 0 Å². The second kappa shape index (κ2) is 12.4. The number of carbonyl (C=O) groups excluding carboxylic acids is 2. The van der Waals surface area contributed by atoms with Crippen LogP contribution in [0.5, 0.6) is 11.5 Å². The summed E-state index contributed by atoms with van der Waals surface area (Å²) in [5.41, 5.74) is 0.417. The highest BCUT2D eigenvalue weighted by Gasteiger charge is 2.30. The molecule has 1 fully saturated rings. The highest BCUT2D eigenvalue weighted by atomic mass is 19.4. The number of piperidine rings is 1. The van der Waals surface area contributed by atoms with Crippen molar-refractivity contribution in [2.45, 2.75) is 37.9 Å². The molecule has 1 atom stereocenters. The van der Waals surface area contributed by atoms with E-state index in [2.05, 4.69) is 10.6 Å². The maximum atomic E-state index is 12.8. The molecule has 0 aliphatic carbocycles. The van der Waals surface area contributed by atoms with Crippen molar-refractivity contribution in [3.05, 3.63) is 65.4 Å². The second-order valence-corrected chi connectivity index (χ2v) is 8.45. The van der Waals surface area contributed by atoms with Crippen LogP contribution in [0.4, 0.5) is 18.0 Å². The first kappa shape index (κ1) is 27.1. The standard InChI is InChI=1S/C26H30F3N3O4/c1-30-17-21-5-3-4-14-32(21)25(34)36-22-11-8-19(15-23(22)35-2)16-24(33)31-13-12-18-6-9-20(10-7-18)26(27,28)29/h6-13,15,21,30H,3-5,14,16-17H2,1-2H3,(H,31,33)/b13-12+. The molecule has 3 rings (SSSR count). The minimum absolute atomic E-state index is 0.0261. The van der Waals surface area contributed by atoms with E-state index in [1.54, 1.807) is 23.1 Å². The SMILES string of the molecule is CNCC1CCCCN1C(=O)Oc1ccc(CC(=O)N/C=C/c2ccc(C(F)(F)F)cc2)cc1OC. The molecule has 1 aliphatic heterocycles. The number of rotatable bonds is 8. The summed E-state index contributed by atoms with van der Waals surface area (Å²) >= 11 is 0. The van der Waals surface area contributed by atoms with Crippen molar-refractivity contribution in [1.82, 2.24) is 15.5 Å². The number of hydrogen-bond acceptors (Lipinski definition) is 5. The number of nitrogens with zero attached hydrogens (tertiary/aromatic N) is 1. The molecule has 0 aromatic heterocycles. The van der Waals surface area contributed by atoms with Gasteiger partial charge in [0.15, 0.2) is 11.5 Å². The summed E-state index contributed by atoms with van der Waals surface area (Å²) in [6.45, 7) is 1.32. The molecule has 36 heavy (non-hydrogen) atoms. The van der Waals surface area contributed by atoms with Crippen LogP contribution in [0, 0.1) is 0 Å². The zero-order chi connectivity index (χ0) is 26.1. The van der Waals surface area contributed by atoms with Gasteiger partial charge in [-0.1, -0.05) is 18.2 Å². The maximum absolute atomic E-state index is 12.8. The molecular weight excluding hydrogens is 475 g/mol. The van der Waals surface area contributed by atoms with E-state index in [1.807, 2.05) is 7.05 Å². The molecule has 1 saturated heterocycles. The lowest BCUT2D eigenvalue weighted by atomic mass is 10.0. The molecule has 2 N–H and O–H groups in total. The van der Waals surface area contributed by atoms with Crippen molar-refractivity contribution < 1.29 is 32.2 Å². The number of methoxy groups -OCH3 is 1. The first-order chi connectivity index (χ1) is 17.2. The van der Waals surface area contributed by atoms with Gasteiger partial charge >= 0.3 is 12.3 Å². The summed E-state index contributed by atoms with van der Waals surface area (Å²) in [6.07, 6.45) is 0.971. The van der Waals surface area contributed by atoms with E-state index < -0.39 is 17.8 Å². The van der Waals surface area contributed by atoms with Gasteiger partial charge in [-0.2, -0.15) is 13.2 Å². The highest BCUT2D eigenvalue weighted by Crippen LogP contribution is 2.30. The predicted molar refractivity (Wildman–Crippen MR) is 130 cm³/mol. The lowest BCUT2D eigenvalue weighted by molar-refractivity contribution is -0.137. The van der Waals surface area contributed by atoms with Crippen LogP contribution in [0.25, 0.3) is 6.08 Å². The molecule has 0 radical (unpaired) electrons. The zero-order valence-corrected chi connectivity index (χ0v) is 20.2. The van der Waals surface area contributed by atoms with Crippen LogP contribution in [0.15, 0.2) is 48.7 Å². The number of benzene rings is 2. The lowest BCUT2D eigenvalue weighted by Gasteiger charge is -2.34. The van der Waals surface area contributed by atoms with Crippen molar-refractivity contribution in [1.29, 1.82) is 0 Å². The average molecular weight is 506 g/mol. The first-order valence-corrected chi connectivity index (χ1v) is 11.6. The van der Waals surface area contributed by atoms with E-state index in [1.165, 1.54) is 31.5 Å². The van der Waals surface area contributed by atoms with Gasteiger partial charge in [0, 0.05) is 25.3 Å². The number of nitrogens with one attached hydrogen (secondary N) is 2. The van der Waals surface area contributed by atoms with E-state index in [0.717, 1.165) is 31.4 Å². The number of halogens is 3. The highest BCUT2D eigenvalue weighted by molar-refractivity contribution is 5.80. The number of alkyl halides is 3. The van der Waals surface area contributed by atoms with Gasteiger partial charge in [-0.3, -0.25) is 4.79 Å². The summed E-state index contributed by atoms with van der Waals surface area (Å²) in [6, 6.07) is 9.56. The molecule has 194 valence electrons. The second-order valence-electron chi connectivity index (χ2n) is 8.45.